The lowest BCUT2D eigenvalue weighted by Gasteiger charge is -2.34. The van der Waals surface area contributed by atoms with Crippen molar-refractivity contribution >= 4 is 70.6 Å². The first-order valence-electron chi connectivity index (χ1n) is 27.6. The molecule has 0 aromatic rings. The van der Waals surface area contributed by atoms with E-state index >= 15 is 0 Å². The van der Waals surface area contributed by atoms with E-state index in [0.717, 1.165) is 34.1 Å². The van der Waals surface area contributed by atoms with Crippen LogP contribution in [0.15, 0.2) is 24.3 Å². The van der Waals surface area contributed by atoms with Crippen molar-refractivity contribution in [2.24, 2.45) is 5.92 Å². The maximum absolute atomic E-state index is 13.5. The van der Waals surface area contributed by atoms with Crippen molar-refractivity contribution in [3.63, 3.8) is 0 Å². The van der Waals surface area contributed by atoms with Crippen LogP contribution in [0.2, 0.25) is 0 Å². The molecule has 28 heteroatoms. The second-order valence-corrected chi connectivity index (χ2v) is 19.0. The molecule has 1 atom stereocenters. The molecule has 28 nitrogen and oxygen atoms in total. The van der Waals surface area contributed by atoms with Crippen molar-refractivity contribution in [2.75, 3.05) is 153 Å². The molecule has 0 saturated carbocycles. The average molecular weight is 1170 g/mol. The normalized spacial score (nSPS) is 13.4. The van der Waals surface area contributed by atoms with Crippen LogP contribution in [0.5, 0.6) is 0 Å². The highest BCUT2D eigenvalue weighted by molar-refractivity contribution is 6.13. The summed E-state index contributed by atoms with van der Waals surface area (Å²) in [5.41, 5.74) is -1.32. The second-order valence-electron chi connectivity index (χ2n) is 19.0. The number of nitrogens with one attached hydrogen (secondary N) is 6. The van der Waals surface area contributed by atoms with Gasteiger partial charge in [0.25, 0.3) is 23.6 Å². The van der Waals surface area contributed by atoms with Gasteiger partial charge in [-0.15, -0.1) is 0 Å². The van der Waals surface area contributed by atoms with Crippen molar-refractivity contribution < 1.29 is 95.4 Å². The molecule has 0 saturated heterocycles. The number of hydrogen-bond acceptors (Lipinski definition) is 20. The lowest BCUT2D eigenvalue weighted by Crippen LogP contribution is -2.59. The Kier molecular flexibility index (Phi) is 38.7. The highest BCUT2D eigenvalue weighted by Crippen LogP contribution is 2.17. The molecule has 82 heavy (non-hydrogen) atoms. The van der Waals surface area contributed by atoms with Gasteiger partial charge in [0, 0.05) is 162 Å². The number of amides is 10. The fourth-order valence-electron chi connectivity index (χ4n) is 7.76. The number of methoxy groups -OCH3 is 3. The molecule has 0 aromatic heterocycles. The molecule has 462 valence electrons. The Balaban J connectivity index is 1.83. The van der Waals surface area contributed by atoms with Crippen LogP contribution in [0.3, 0.4) is 0 Å². The summed E-state index contributed by atoms with van der Waals surface area (Å²) in [6.45, 7) is 1.91. The number of Topliss-reactive ketones (excluding diaryl/α,β-unsaturated/α-hetero) is 2. The zero-order valence-corrected chi connectivity index (χ0v) is 47.8. The summed E-state index contributed by atoms with van der Waals surface area (Å²) in [7, 11) is 4.54. The summed E-state index contributed by atoms with van der Waals surface area (Å²) in [5.74, 6) is -5.23. The van der Waals surface area contributed by atoms with Crippen LogP contribution in [0.1, 0.15) is 83.5 Å². The Bertz CT molecular complexity index is 2000. The van der Waals surface area contributed by atoms with Crippen LogP contribution >= 0.6 is 0 Å². The summed E-state index contributed by atoms with van der Waals surface area (Å²) in [6, 6.07) is 0. The van der Waals surface area contributed by atoms with Gasteiger partial charge < -0.3 is 69.8 Å². The van der Waals surface area contributed by atoms with Crippen molar-refractivity contribution in [2.45, 2.75) is 89.0 Å². The van der Waals surface area contributed by atoms with E-state index in [1.807, 2.05) is 0 Å². The number of unbranched alkanes of at least 4 members (excludes halogenated alkanes) is 1. The minimum absolute atomic E-state index is 0.00285. The molecule has 2 aliphatic heterocycles. The van der Waals surface area contributed by atoms with Crippen molar-refractivity contribution in [1.29, 1.82) is 0 Å². The Labute approximate surface area is 478 Å². The smallest absolute Gasteiger partial charge is 0.253 e. The minimum Gasteiger partial charge on any atom is -0.383 e. The monoisotopic (exact) mass is 1170 g/mol. The number of ketones is 2. The molecular formula is C54H86N8O20. The van der Waals surface area contributed by atoms with E-state index in [0.29, 0.717) is 58.7 Å². The maximum atomic E-state index is 13.5. The zero-order chi connectivity index (χ0) is 60.2. The van der Waals surface area contributed by atoms with Crippen LogP contribution in [-0.2, 0) is 95.4 Å². The predicted molar refractivity (Wildman–Crippen MR) is 291 cm³/mol. The molecule has 1 unspecified atom stereocenters. The summed E-state index contributed by atoms with van der Waals surface area (Å²) >= 11 is 0. The zero-order valence-electron chi connectivity index (χ0n) is 47.8. The maximum Gasteiger partial charge on any atom is 0.253 e. The van der Waals surface area contributed by atoms with Crippen molar-refractivity contribution in [3.8, 4) is 0 Å². The van der Waals surface area contributed by atoms with Crippen molar-refractivity contribution in [3.05, 3.63) is 24.3 Å². The molecule has 10 amide bonds. The number of nitrogens with zero attached hydrogens (tertiary/aromatic N) is 2. The molecular weight excluding hydrogens is 1080 g/mol. The molecule has 6 N–H and O–H groups in total. The quantitative estimate of drug-likeness (QED) is 0.0287. The van der Waals surface area contributed by atoms with Gasteiger partial charge in [-0.3, -0.25) is 67.3 Å². The first-order chi connectivity index (χ1) is 39.5. The van der Waals surface area contributed by atoms with Crippen LogP contribution in [0.4, 0.5) is 0 Å². The third-order valence-corrected chi connectivity index (χ3v) is 12.3. The number of imide groups is 2. The number of carbonyl (C=O) groups is 12. The molecule has 0 bridgehead atoms. The highest BCUT2D eigenvalue weighted by Gasteiger charge is 2.34. The van der Waals surface area contributed by atoms with Gasteiger partial charge in [-0.05, 0) is 19.3 Å². The molecule has 2 aliphatic rings. The van der Waals surface area contributed by atoms with E-state index in [4.69, 9.17) is 37.9 Å². The SMILES string of the molecule is COCCNC(=O)CCOCC(COCCC(=O)NCCOC)(COCCC(=O)NCCOC)NC(=O)CCOCCCC(=O)CCOCCNC(=O)C(CCCCNC(=O)CCN1C(=O)C=CC1=O)CC(=O)CCN1C(=O)C=CC1=O. The Hall–Kier alpha value is -6.40. The second kappa shape index (κ2) is 44.2. The Morgan fingerprint density at radius 1 is 0.415 bits per heavy atom. The summed E-state index contributed by atoms with van der Waals surface area (Å²) in [5, 5.41) is 16.5. The van der Waals surface area contributed by atoms with Gasteiger partial charge in [0.05, 0.1) is 79.3 Å². The topological polar surface area (TPSA) is 357 Å². The summed E-state index contributed by atoms with van der Waals surface area (Å²) in [4.78, 5) is 151. The average Bonchev–Trinajstić information content (AvgIpc) is 3.95. The van der Waals surface area contributed by atoms with E-state index in [1.165, 1.54) is 21.3 Å². The van der Waals surface area contributed by atoms with Gasteiger partial charge in [0.1, 0.15) is 17.1 Å². The molecule has 0 aromatic carbocycles. The van der Waals surface area contributed by atoms with Crippen molar-refractivity contribution in [1.82, 2.24) is 41.7 Å². The number of ether oxygens (including phenoxy) is 8. The molecule has 2 rings (SSSR count). The Morgan fingerprint density at radius 2 is 0.829 bits per heavy atom. The number of rotatable bonds is 52. The fourth-order valence-corrected chi connectivity index (χ4v) is 7.76. The standard InChI is InChI=1S/C54H86N8O20/c1-75-33-21-56-45(66)16-30-80-38-54(39-81-31-17-46(67)57-22-34-76-2,40-82-32-18-47(68)58-23-35-77-3)60-48(69)19-29-78-27-6-8-42(63)15-28-79-36-24-59-53(74)41(37-43(64)13-25-61-49(70)9-10-50(61)71)7-4-5-20-55-44(65)14-26-62-51(72)11-12-52(62)73/h9-12,41H,4-8,13-40H2,1-3H3,(H,55,65)(H,56,66)(H,57,67)(H,58,68)(H,59,74)(H,60,69). The first-order valence-corrected chi connectivity index (χ1v) is 27.6. The lowest BCUT2D eigenvalue weighted by atomic mass is 9.94. The van der Waals surface area contributed by atoms with Crippen LogP contribution < -0.4 is 31.9 Å². The number of carbonyl (C=O) groups excluding carboxylic acids is 12. The number of hydrogen-bond donors (Lipinski definition) is 6. The van der Waals surface area contributed by atoms with E-state index in [1.54, 1.807) is 0 Å². The van der Waals surface area contributed by atoms with Gasteiger partial charge >= 0.3 is 0 Å². The molecule has 0 aliphatic carbocycles. The van der Waals surface area contributed by atoms with E-state index < -0.39 is 46.9 Å². The first kappa shape index (κ1) is 71.7. The van der Waals surface area contributed by atoms with E-state index in [-0.39, 0.29) is 192 Å². The lowest BCUT2D eigenvalue weighted by molar-refractivity contribution is -0.139. The third-order valence-electron chi connectivity index (χ3n) is 12.3. The summed E-state index contributed by atoms with van der Waals surface area (Å²) in [6.07, 6.45) is 5.93. The van der Waals surface area contributed by atoms with Gasteiger partial charge in [-0.25, -0.2) is 0 Å². The van der Waals surface area contributed by atoms with Gasteiger partial charge in [-0.1, -0.05) is 6.42 Å². The minimum atomic E-state index is -1.32. The van der Waals surface area contributed by atoms with Crippen LogP contribution in [0, 0.1) is 5.92 Å². The third kappa shape index (κ3) is 33.5. The fraction of sp³-hybridized carbons (Fsp3) is 0.704. The van der Waals surface area contributed by atoms with E-state index in [9.17, 15) is 57.5 Å². The largest absolute Gasteiger partial charge is 0.383 e. The van der Waals surface area contributed by atoms with Gasteiger partial charge in [-0.2, -0.15) is 0 Å². The van der Waals surface area contributed by atoms with E-state index in [2.05, 4.69) is 31.9 Å². The Morgan fingerprint density at radius 3 is 1.33 bits per heavy atom. The van der Waals surface area contributed by atoms with Gasteiger partial charge in [0.15, 0.2) is 0 Å². The van der Waals surface area contributed by atoms with Crippen LogP contribution in [-0.4, -0.2) is 239 Å². The summed E-state index contributed by atoms with van der Waals surface area (Å²) < 4.78 is 43.8. The van der Waals surface area contributed by atoms with Crippen LogP contribution in [0.25, 0.3) is 0 Å². The molecule has 2 heterocycles. The predicted octanol–water partition coefficient (Wildman–Crippen LogP) is -1.88. The molecule has 0 fully saturated rings. The molecule has 0 radical (unpaired) electrons. The van der Waals surface area contributed by atoms with Gasteiger partial charge in [0.2, 0.25) is 35.4 Å². The molecule has 0 spiro atoms. The highest BCUT2D eigenvalue weighted by atomic mass is 16.5.